The number of halogens is 2. The van der Waals surface area contributed by atoms with Crippen LogP contribution in [0.3, 0.4) is 0 Å². The standard InChI is InChI=1S/C68H50F2N2/c1-43-19-11-15-27-51(43)57-39-61(69)65(41-59(57)53-29-17-13-21-45(53)3)71(49-23-7-5-8-24-49)63-37-33-47-32-36-56-64(38-34-48-31-35-55(63)67(47)68(48)56)72(50-25-9-6-10-26-50)66-42-60(54-30-18-14-22-46(54)4)58(40-62(66)70)52-28-16-12-20-44(52)2/h5-42H,1-4H3. The van der Waals surface area contributed by atoms with Crippen molar-refractivity contribution in [2.24, 2.45) is 0 Å². The van der Waals surface area contributed by atoms with Crippen molar-refractivity contribution in [3.05, 3.63) is 264 Å². The average Bonchev–Trinajstić information content (AvgIpc) is 3.41. The van der Waals surface area contributed by atoms with Gasteiger partial charge in [-0.1, -0.05) is 170 Å². The minimum absolute atomic E-state index is 0.332. The molecule has 0 bridgehead atoms. The zero-order valence-electron chi connectivity index (χ0n) is 40.6. The van der Waals surface area contributed by atoms with Crippen molar-refractivity contribution in [2.45, 2.75) is 27.7 Å². The van der Waals surface area contributed by atoms with E-state index in [1.54, 1.807) is 12.1 Å². The van der Waals surface area contributed by atoms with E-state index in [1.165, 1.54) is 0 Å². The zero-order chi connectivity index (χ0) is 49.0. The fraction of sp³-hybridized carbons (Fsp3) is 0.0588. The van der Waals surface area contributed by atoms with Gasteiger partial charge in [0.05, 0.1) is 22.7 Å². The molecule has 0 aliphatic heterocycles. The molecule has 4 heteroatoms. The van der Waals surface area contributed by atoms with Crippen molar-refractivity contribution in [1.29, 1.82) is 0 Å². The summed E-state index contributed by atoms with van der Waals surface area (Å²) in [6, 6.07) is 77.9. The van der Waals surface area contributed by atoms with Gasteiger partial charge in [-0.15, -0.1) is 0 Å². The molecular formula is C68H50F2N2. The molecule has 12 rings (SSSR count). The van der Waals surface area contributed by atoms with Crippen LogP contribution in [-0.2, 0) is 0 Å². The Morgan fingerprint density at radius 3 is 0.889 bits per heavy atom. The second-order valence-electron chi connectivity index (χ2n) is 18.9. The first-order chi connectivity index (χ1) is 35.2. The van der Waals surface area contributed by atoms with Gasteiger partial charge in [0.25, 0.3) is 0 Å². The van der Waals surface area contributed by atoms with E-state index < -0.39 is 0 Å². The molecule has 0 unspecified atom stereocenters. The van der Waals surface area contributed by atoms with Crippen LogP contribution in [0.2, 0.25) is 0 Å². The Bertz CT molecular complexity index is 3750. The maximum absolute atomic E-state index is 17.6. The molecule has 0 heterocycles. The van der Waals surface area contributed by atoms with E-state index >= 15 is 8.78 Å². The summed E-state index contributed by atoms with van der Waals surface area (Å²) in [5, 5.41) is 6.13. The van der Waals surface area contributed by atoms with Gasteiger partial charge in [-0.3, -0.25) is 0 Å². The fourth-order valence-electron chi connectivity index (χ4n) is 11.0. The molecule has 12 aromatic rings. The molecule has 0 aromatic heterocycles. The van der Waals surface area contributed by atoms with Crippen LogP contribution < -0.4 is 9.80 Å². The molecule has 12 aromatic carbocycles. The summed E-state index contributed by atoms with van der Waals surface area (Å²) < 4.78 is 35.2. The lowest BCUT2D eigenvalue weighted by Gasteiger charge is -2.30. The predicted octanol–water partition coefficient (Wildman–Crippen LogP) is 19.7. The summed E-state index contributed by atoms with van der Waals surface area (Å²) in [5.74, 6) is -0.664. The van der Waals surface area contributed by atoms with Crippen molar-refractivity contribution in [2.75, 3.05) is 9.80 Å². The van der Waals surface area contributed by atoms with Crippen molar-refractivity contribution in [1.82, 2.24) is 0 Å². The molecule has 0 saturated heterocycles. The monoisotopic (exact) mass is 932 g/mol. The number of hydrogen-bond donors (Lipinski definition) is 0. The molecule has 0 atom stereocenters. The number of benzene rings is 12. The molecule has 0 aliphatic rings. The van der Waals surface area contributed by atoms with Crippen LogP contribution in [0.5, 0.6) is 0 Å². The summed E-state index contributed by atoms with van der Waals surface area (Å²) in [7, 11) is 0. The third-order valence-electron chi connectivity index (χ3n) is 14.5. The van der Waals surface area contributed by atoms with Gasteiger partial charge in [-0.2, -0.15) is 0 Å². The number of aryl methyl sites for hydroxylation is 4. The van der Waals surface area contributed by atoms with Gasteiger partial charge >= 0.3 is 0 Å². The summed E-state index contributed by atoms with van der Waals surface area (Å²) in [4.78, 5) is 4.14. The Morgan fingerprint density at radius 2 is 0.556 bits per heavy atom. The third kappa shape index (κ3) is 7.55. The van der Waals surface area contributed by atoms with E-state index in [4.69, 9.17) is 0 Å². The van der Waals surface area contributed by atoms with Crippen LogP contribution in [0, 0.1) is 39.3 Å². The molecule has 72 heavy (non-hydrogen) atoms. The quantitative estimate of drug-likeness (QED) is 0.126. The van der Waals surface area contributed by atoms with Gasteiger partial charge < -0.3 is 9.80 Å². The number of para-hydroxylation sites is 2. The van der Waals surface area contributed by atoms with Crippen LogP contribution in [0.4, 0.5) is 42.9 Å². The molecule has 0 spiro atoms. The molecule has 0 fully saturated rings. The van der Waals surface area contributed by atoms with Crippen LogP contribution in [0.1, 0.15) is 22.3 Å². The Labute approximate surface area is 419 Å². The van der Waals surface area contributed by atoms with Crippen LogP contribution in [0.25, 0.3) is 76.8 Å². The van der Waals surface area contributed by atoms with Gasteiger partial charge in [0, 0.05) is 22.1 Å². The topological polar surface area (TPSA) is 6.48 Å². The predicted molar refractivity (Wildman–Crippen MR) is 300 cm³/mol. The first-order valence-electron chi connectivity index (χ1n) is 24.6. The summed E-state index contributed by atoms with van der Waals surface area (Å²) in [5.41, 5.74) is 16.2. The van der Waals surface area contributed by atoms with Crippen molar-refractivity contribution in [3.63, 3.8) is 0 Å². The lowest BCUT2D eigenvalue weighted by atomic mass is 9.89. The highest BCUT2D eigenvalue weighted by Crippen LogP contribution is 2.51. The van der Waals surface area contributed by atoms with Gasteiger partial charge in [0.2, 0.25) is 0 Å². The van der Waals surface area contributed by atoms with Crippen molar-refractivity contribution >= 4 is 66.4 Å². The van der Waals surface area contributed by atoms with Crippen molar-refractivity contribution < 1.29 is 8.78 Å². The van der Waals surface area contributed by atoms with E-state index in [1.807, 2.05) is 121 Å². The number of hydrogen-bond acceptors (Lipinski definition) is 2. The molecule has 0 aliphatic carbocycles. The van der Waals surface area contributed by atoms with Crippen molar-refractivity contribution in [3.8, 4) is 44.5 Å². The van der Waals surface area contributed by atoms with E-state index in [0.717, 1.165) is 122 Å². The second-order valence-corrected chi connectivity index (χ2v) is 18.9. The maximum atomic E-state index is 17.6. The first-order valence-corrected chi connectivity index (χ1v) is 24.6. The molecule has 0 radical (unpaired) electrons. The van der Waals surface area contributed by atoms with Gasteiger partial charge in [-0.05, 0) is 177 Å². The highest BCUT2D eigenvalue weighted by molar-refractivity contribution is 6.28. The summed E-state index contributed by atoms with van der Waals surface area (Å²) >= 11 is 0. The molecule has 0 saturated carbocycles. The molecule has 0 N–H and O–H groups in total. The largest absolute Gasteiger partial charge is 0.307 e. The van der Waals surface area contributed by atoms with Gasteiger partial charge in [-0.25, -0.2) is 8.78 Å². The van der Waals surface area contributed by atoms with Crippen LogP contribution in [-0.4, -0.2) is 0 Å². The number of anilines is 6. The average molecular weight is 933 g/mol. The molecule has 2 nitrogen and oxygen atoms in total. The molecular weight excluding hydrogens is 883 g/mol. The summed E-state index contributed by atoms with van der Waals surface area (Å²) in [6.07, 6.45) is 0. The lowest BCUT2D eigenvalue weighted by Crippen LogP contribution is -2.13. The van der Waals surface area contributed by atoms with Crippen LogP contribution in [0.15, 0.2) is 231 Å². The SMILES string of the molecule is Cc1ccccc1-c1cc(F)c(N(c2ccccc2)c2ccc3ccc4c(N(c5ccccc5)c5cc(-c6ccccc6C)c(-c6ccccc6C)cc5F)ccc5ccc2c3c54)cc1-c1ccccc1C. The van der Waals surface area contributed by atoms with E-state index in [9.17, 15) is 0 Å². The highest BCUT2D eigenvalue weighted by atomic mass is 19.1. The van der Waals surface area contributed by atoms with E-state index in [-0.39, 0.29) is 11.6 Å². The maximum Gasteiger partial charge on any atom is 0.147 e. The van der Waals surface area contributed by atoms with E-state index in [2.05, 4.69) is 135 Å². The number of nitrogens with zero attached hydrogens (tertiary/aromatic N) is 2. The Kier molecular flexibility index (Phi) is 11.2. The van der Waals surface area contributed by atoms with Crippen LogP contribution >= 0.6 is 0 Å². The molecule has 0 amide bonds. The smallest absolute Gasteiger partial charge is 0.147 e. The lowest BCUT2D eigenvalue weighted by molar-refractivity contribution is 0.629. The minimum atomic E-state index is -0.332. The molecule has 346 valence electrons. The van der Waals surface area contributed by atoms with Gasteiger partial charge in [0.1, 0.15) is 11.6 Å². The van der Waals surface area contributed by atoms with Gasteiger partial charge in [0.15, 0.2) is 0 Å². The first kappa shape index (κ1) is 44.4. The fourth-order valence-corrected chi connectivity index (χ4v) is 11.0. The highest BCUT2D eigenvalue weighted by Gasteiger charge is 2.27. The summed E-state index contributed by atoms with van der Waals surface area (Å²) in [6.45, 7) is 8.38. The van der Waals surface area contributed by atoms with E-state index in [0.29, 0.717) is 11.4 Å². The Hall–Kier alpha value is -8.86. The number of rotatable bonds is 10. The second kappa shape index (κ2) is 18.1. The zero-order valence-corrected chi connectivity index (χ0v) is 40.6. The minimum Gasteiger partial charge on any atom is -0.307 e. The Balaban J connectivity index is 1.10. The Morgan fingerprint density at radius 1 is 0.264 bits per heavy atom. The third-order valence-corrected chi connectivity index (χ3v) is 14.5. The normalized spacial score (nSPS) is 11.5.